The van der Waals surface area contributed by atoms with Crippen LogP contribution in [0.1, 0.15) is 29.0 Å². The molecule has 0 radical (unpaired) electrons. The van der Waals surface area contributed by atoms with Gasteiger partial charge in [0.2, 0.25) is 0 Å². The maximum Gasteiger partial charge on any atom is 0.131 e. The van der Waals surface area contributed by atoms with E-state index in [-0.39, 0.29) is 12.3 Å². The first-order valence-corrected chi connectivity index (χ1v) is 16.5. The zero-order valence-electron chi connectivity index (χ0n) is 26.3. The van der Waals surface area contributed by atoms with Crippen molar-refractivity contribution in [1.29, 1.82) is 0 Å². The molecular formula is C45H33N3. The Morgan fingerprint density at radius 2 is 0.979 bits per heavy atom. The van der Waals surface area contributed by atoms with Crippen LogP contribution in [0.2, 0.25) is 0 Å². The van der Waals surface area contributed by atoms with E-state index in [4.69, 9.17) is 4.99 Å². The number of rotatable bonds is 5. The molecule has 0 aromatic heterocycles. The number of aliphatic imine (C=N–C) groups is 1. The predicted molar refractivity (Wildman–Crippen MR) is 201 cm³/mol. The molecule has 1 heterocycles. The minimum atomic E-state index is -0.221. The number of nitrogens with one attached hydrogen (secondary N) is 2. The SMILES string of the molecule is c1ccc(C2=NC(c3cccc(-c4ccc5ccccc5c4)c3)NC(c3ccc(-c4ccc5c(ccc6ccccc65)c4)cc3)N2)cc1. The fraction of sp³-hybridized carbons (Fsp3) is 0.0444. The van der Waals surface area contributed by atoms with Gasteiger partial charge in [0.1, 0.15) is 18.2 Å². The summed E-state index contributed by atoms with van der Waals surface area (Å²) in [5.74, 6) is 0.881. The van der Waals surface area contributed by atoms with E-state index in [1.807, 2.05) is 6.07 Å². The Kier molecular flexibility index (Phi) is 7.03. The Morgan fingerprint density at radius 3 is 1.85 bits per heavy atom. The van der Waals surface area contributed by atoms with Crippen LogP contribution >= 0.6 is 0 Å². The number of hydrogen-bond donors (Lipinski definition) is 2. The molecule has 3 heteroatoms. The van der Waals surface area contributed by atoms with Crippen LogP contribution in [0, 0.1) is 0 Å². The van der Waals surface area contributed by atoms with E-state index in [1.54, 1.807) is 0 Å². The van der Waals surface area contributed by atoms with E-state index in [9.17, 15) is 0 Å². The second-order valence-corrected chi connectivity index (χ2v) is 12.5. The van der Waals surface area contributed by atoms with Gasteiger partial charge in [0.15, 0.2) is 0 Å². The van der Waals surface area contributed by atoms with Crippen molar-refractivity contribution >= 4 is 38.2 Å². The molecule has 8 aromatic rings. The molecular weight excluding hydrogens is 583 g/mol. The number of amidine groups is 1. The summed E-state index contributed by atoms with van der Waals surface area (Å²) in [7, 11) is 0. The summed E-state index contributed by atoms with van der Waals surface area (Å²) in [5.41, 5.74) is 8.14. The minimum absolute atomic E-state index is 0.121. The summed E-state index contributed by atoms with van der Waals surface area (Å²) in [6, 6.07) is 63.1. The highest BCUT2D eigenvalue weighted by Crippen LogP contribution is 2.33. The van der Waals surface area contributed by atoms with Crippen LogP contribution in [0.4, 0.5) is 0 Å². The smallest absolute Gasteiger partial charge is 0.131 e. The lowest BCUT2D eigenvalue weighted by molar-refractivity contribution is 0.409. The Bertz CT molecular complexity index is 2460. The molecule has 228 valence electrons. The summed E-state index contributed by atoms with van der Waals surface area (Å²) < 4.78 is 0. The van der Waals surface area contributed by atoms with Gasteiger partial charge in [0.05, 0.1) is 0 Å². The standard InChI is InChI=1S/C45H33N3/c1-2-11-33(12-3-1)43-46-44(48-45(47-43)40-15-8-14-36(29-40)38-23-19-30-9-4-5-13-35(30)27-38)34-21-17-31(18-22-34)37-25-26-42-39(28-37)24-20-32-10-6-7-16-41(32)42/h1-29,44-45,48H,(H,46,47). The largest absolute Gasteiger partial charge is 0.350 e. The Labute approximate surface area is 280 Å². The molecule has 0 spiro atoms. The van der Waals surface area contributed by atoms with E-state index in [2.05, 4.69) is 180 Å². The first-order chi connectivity index (χ1) is 23.7. The third-order valence-corrected chi connectivity index (χ3v) is 9.52. The lowest BCUT2D eigenvalue weighted by Gasteiger charge is -2.32. The van der Waals surface area contributed by atoms with Crippen molar-refractivity contribution in [2.45, 2.75) is 12.3 Å². The topological polar surface area (TPSA) is 36.4 Å². The quantitative estimate of drug-likeness (QED) is 0.189. The monoisotopic (exact) mass is 615 g/mol. The molecule has 48 heavy (non-hydrogen) atoms. The van der Waals surface area contributed by atoms with Gasteiger partial charge < -0.3 is 5.32 Å². The Hall–Kier alpha value is -6.03. The van der Waals surface area contributed by atoms with Crippen LogP contribution in [0.3, 0.4) is 0 Å². The van der Waals surface area contributed by atoms with Crippen LogP contribution in [0.15, 0.2) is 181 Å². The first-order valence-electron chi connectivity index (χ1n) is 16.5. The molecule has 2 unspecified atom stereocenters. The van der Waals surface area contributed by atoms with Crippen LogP contribution in [-0.2, 0) is 0 Å². The van der Waals surface area contributed by atoms with E-state index in [1.165, 1.54) is 54.6 Å². The maximum atomic E-state index is 5.19. The number of hydrogen-bond acceptors (Lipinski definition) is 3. The maximum absolute atomic E-state index is 5.19. The van der Waals surface area contributed by atoms with Crippen molar-refractivity contribution < 1.29 is 0 Å². The fourth-order valence-corrected chi connectivity index (χ4v) is 6.96. The highest BCUT2D eigenvalue weighted by Gasteiger charge is 2.25. The summed E-state index contributed by atoms with van der Waals surface area (Å²) in [4.78, 5) is 5.19. The molecule has 0 saturated carbocycles. The molecule has 0 bridgehead atoms. The van der Waals surface area contributed by atoms with Crippen molar-refractivity contribution in [2.75, 3.05) is 0 Å². The number of fused-ring (bicyclic) bond motifs is 4. The van der Waals surface area contributed by atoms with Crippen molar-refractivity contribution in [2.24, 2.45) is 4.99 Å². The van der Waals surface area contributed by atoms with Gasteiger partial charge in [-0.25, -0.2) is 4.99 Å². The van der Waals surface area contributed by atoms with Gasteiger partial charge in [-0.15, -0.1) is 0 Å². The fourth-order valence-electron chi connectivity index (χ4n) is 6.96. The molecule has 1 aliphatic heterocycles. The van der Waals surface area contributed by atoms with Gasteiger partial charge in [-0.2, -0.15) is 0 Å². The highest BCUT2D eigenvalue weighted by atomic mass is 15.3. The normalized spacial score (nSPS) is 16.1. The van der Waals surface area contributed by atoms with Crippen LogP contribution in [0.25, 0.3) is 54.6 Å². The minimum Gasteiger partial charge on any atom is -0.350 e. The Balaban J connectivity index is 1.04. The molecule has 9 rings (SSSR count). The van der Waals surface area contributed by atoms with E-state index >= 15 is 0 Å². The molecule has 0 amide bonds. The highest BCUT2D eigenvalue weighted by molar-refractivity contribution is 6.08. The average Bonchev–Trinajstić information content (AvgIpc) is 3.17. The van der Waals surface area contributed by atoms with Crippen molar-refractivity contribution in [3.8, 4) is 22.3 Å². The lowest BCUT2D eigenvalue weighted by Crippen LogP contribution is -2.44. The Morgan fingerprint density at radius 1 is 0.375 bits per heavy atom. The van der Waals surface area contributed by atoms with Crippen LogP contribution in [-0.4, -0.2) is 5.84 Å². The second kappa shape index (κ2) is 12.0. The van der Waals surface area contributed by atoms with E-state index < -0.39 is 0 Å². The molecule has 0 aliphatic carbocycles. The summed E-state index contributed by atoms with van der Waals surface area (Å²) in [6.07, 6.45) is -0.342. The van der Waals surface area contributed by atoms with Gasteiger partial charge in [0, 0.05) is 5.56 Å². The molecule has 1 aliphatic rings. The first kappa shape index (κ1) is 28.2. The molecule has 0 fully saturated rings. The molecule has 0 saturated heterocycles. The number of nitrogens with zero attached hydrogens (tertiary/aromatic N) is 1. The van der Waals surface area contributed by atoms with Crippen molar-refractivity contribution in [3.63, 3.8) is 0 Å². The van der Waals surface area contributed by atoms with Crippen molar-refractivity contribution in [3.05, 3.63) is 193 Å². The lowest BCUT2D eigenvalue weighted by atomic mass is 9.96. The van der Waals surface area contributed by atoms with Gasteiger partial charge in [-0.05, 0) is 83.9 Å². The predicted octanol–water partition coefficient (Wildman–Crippen LogP) is 10.8. The van der Waals surface area contributed by atoms with Gasteiger partial charge in [0.25, 0.3) is 0 Å². The van der Waals surface area contributed by atoms with Gasteiger partial charge in [-0.1, -0.05) is 158 Å². The summed E-state index contributed by atoms with van der Waals surface area (Å²) >= 11 is 0. The van der Waals surface area contributed by atoms with Crippen molar-refractivity contribution in [1.82, 2.24) is 10.6 Å². The van der Waals surface area contributed by atoms with Gasteiger partial charge in [-0.3, -0.25) is 5.32 Å². The van der Waals surface area contributed by atoms with E-state index in [0.29, 0.717) is 0 Å². The zero-order valence-corrected chi connectivity index (χ0v) is 26.3. The molecule has 8 aromatic carbocycles. The molecule has 3 nitrogen and oxygen atoms in total. The molecule has 2 N–H and O–H groups in total. The third kappa shape index (κ3) is 5.30. The molecule has 2 atom stereocenters. The summed E-state index contributed by atoms with van der Waals surface area (Å²) in [6.45, 7) is 0. The van der Waals surface area contributed by atoms with Crippen LogP contribution in [0.5, 0.6) is 0 Å². The van der Waals surface area contributed by atoms with Crippen LogP contribution < -0.4 is 10.6 Å². The second-order valence-electron chi connectivity index (χ2n) is 12.5. The van der Waals surface area contributed by atoms with E-state index in [0.717, 1.165) is 22.5 Å². The third-order valence-electron chi connectivity index (χ3n) is 9.52. The van der Waals surface area contributed by atoms with Gasteiger partial charge >= 0.3 is 0 Å². The summed E-state index contributed by atoms with van der Waals surface area (Å²) in [5, 5.41) is 15.1. The zero-order chi connectivity index (χ0) is 31.9. The number of benzene rings is 8. The average molecular weight is 616 g/mol.